The van der Waals surface area contributed by atoms with Gasteiger partial charge in [-0.05, 0) is 19.1 Å². The first-order valence-electron chi connectivity index (χ1n) is 5.18. The summed E-state index contributed by atoms with van der Waals surface area (Å²) in [5.41, 5.74) is 7.92. The molecule has 3 nitrogen and oxygen atoms in total. The zero-order valence-corrected chi connectivity index (χ0v) is 9.16. The van der Waals surface area contributed by atoms with Crippen molar-refractivity contribution in [3.8, 4) is 5.75 Å². The lowest BCUT2D eigenvalue weighted by Gasteiger charge is -2.07. The molecule has 0 aliphatic carbocycles. The lowest BCUT2D eigenvalue weighted by molar-refractivity contribution is 0.343. The van der Waals surface area contributed by atoms with Gasteiger partial charge in [0.1, 0.15) is 5.75 Å². The number of aromatic nitrogens is 1. The first-order valence-corrected chi connectivity index (χ1v) is 5.18. The normalized spacial score (nSPS) is 10.9. The van der Waals surface area contributed by atoms with Crippen molar-refractivity contribution in [2.45, 2.75) is 13.5 Å². The minimum atomic E-state index is 0.552. The van der Waals surface area contributed by atoms with Gasteiger partial charge in [0, 0.05) is 24.7 Å². The Balaban J connectivity index is 2.67. The quantitative estimate of drug-likeness (QED) is 0.831. The van der Waals surface area contributed by atoms with Crippen LogP contribution in [0.5, 0.6) is 5.75 Å². The van der Waals surface area contributed by atoms with E-state index < -0.39 is 0 Å². The molecule has 1 heterocycles. The molecule has 0 radical (unpaired) electrons. The number of fused-ring (bicyclic) bond motifs is 1. The van der Waals surface area contributed by atoms with Gasteiger partial charge in [0.2, 0.25) is 0 Å². The summed E-state index contributed by atoms with van der Waals surface area (Å²) in [6.45, 7) is 3.23. The minimum absolute atomic E-state index is 0.552. The molecule has 80 valence electrons. The van der Waals surface area contributed by atoms with Crippen molar-refractivity contribution in [3.63, 3.8) is 0 Å². The number of ether oxygens (including phenoxy) is 1. The third-order valence-electron chi connectivity index (χ3n) is 2.63. The Hall–Kier alpha value is -1.48. The average molecular weight is 204 g/mol. The van der Waals surface area contributed by atoms with Crippen LogP contribution in [0.25, 0.3) is 10.9 Å². The molecular weight excluding hydrogens is 188 g/mol. The molecule has 2 N–H and O–H groups in total. The maximum Gasteiger partial charge on any atom is 0.143 e. The van der Waals surface area contributed by atoms with E-state index in [-0.39, 0.29) is 0 Å². The summed E-state index contributed by atoms with van der Waals surface area (Å²) in [6.07, 6.45) is 0. The van der Waals surface area contributed by atoms with Gasteiger partial charge in [-0.15, -0.1) is 0 Å². The zero-order chi connectivity index (χ0) is 10.8. The highest BCUT2D eigenvalue weighted by Gasteiger charge is 2.08. The molecule has 0 aliphatic rings. The van der Waals surface area contributed by atoms with E-state index in [9.17, 15) is 0 Å². The number of rotatable bonds is 3. The summed E-state index contributed by atoms with van der Waals surface area (Å²) in [5, 5.41) is 1.18. The van der Waals surface area contributed by atoms with Gasteiger partial charge in [0.25, 0.3) is 0 Å². The maximum absolute atomic E-state index is 5.68. The first kappa shape index (κ1) is 10.1. The Morgan fingerprint density at radius 2 is 2.20 bits per heavy atom. The van der Waals surface area contributed by atoms with Gasteiger partial charge in [-0.3, -0.25) is 0 Å². The molecule has 2 rings (SSSR count). The summed E-state index contributed by atoms with van der Waals surface area (Å²) in [5.74, 6) is 0.928. The SMILES string of the molecule is CCOc1cccc2cc(CN)n(C)c12. The smallest absolute Gasteiger partial charge is 0.143 e. The van der Waals surface area contributed by atoms with Crippen LogP contribution in [0.2, 0.25) is 0 Å². The molecule has 3 heteroatoms. The molecule has 2 aromatic rings. The van der Waals surface area contributed by atoms with Gasteiger partial charge in [0.15, 0.2) is 0 Å². The molecule has 0 fully saturated rings. The summed E-state index contributed by atoms with van der Waals surface area (Å²) in [4.78, 5) is 0. The van der Waals surface area contributed by atoms with Crippen LogP contribution in [-0.2, 0) is 13.6 Å². The molecule has 15 heavy (non-hydrogen) atoms. The fourth-order valence-corrected chi connectivity index (χ4v) is 1.90. The highest BCUT2D eigenvalue weighted by atomic mass is 16.5. The van der Waals surface area contributed by atoms with Crippen molar-refractivity contribution in [1.82, 2.24) is 4.57 Å². The van der Waals surface area contributed by atoms with Crippen molar-refractivity contribution in [1.29, 1.82) is 0 Å². The Kier molecular flexibility index (Phi) is 2.64. The lowest BCUT2D eigenvalue weighted by Crippen LogP contribution is -2.03. The molecular formula is C12H16N2O. The van der Waals surface area contributed by atoms with Gasteiger partial charge in [-0.25, -0.2) is 0 Å². The van der Waals surface area contributed by atoms with Crippen LogP contribution in [0.15, 0.2) is 24.3 Å². The number of hydrogen-bond donors (Lipinski definition) is 1. The third kappa shape index (κ3) is 1.59. The van der Waals surface area contributed by atoms with Gasteiger partial charge < -0.3 is 15.0 Å². The Labute approximate surface area is 89.4 Å². The topological polar surface area (TPSA) is 40.2 Å². The summed E-state index contributed by atoms with van der Waals surface area (Å²) in [7, 11) is 2.02. The summed E-state index contributed by atoms with van der Waals surface area (Å²) >= 11 is 0. The van der Waals surface area contributed by atoms with Crippen molar-refractivity contribution in [3.05, 3.63) is 30.0 Å². The molecule has 0 saturated heterocycles. The number of nitrogens with two attached hydrogens (primary N) is 1. The van der Waals surface area contributed by atoms with Gasteiger partial charge in [0.05, 0.1) is 12.1 Å². The third-order valence-corrected chi connectivity index (χ3v) is 2.63. The number of benzene rings is 1. The molecule has 0 atom stereocenters. The van der Waals surface area contributed by atoms with Gasteiger partial charge >= 0.3 is 0 Å². The van der Waals surface area contributed by atoms with Crippen LogP contribution < -0.4 is 10.5 Å². The predicted octanol–water partition coefficient (Wildman–Crippen LogP) is 2.04. The number of hydrogen-bond acceptors (Lipinski definition) is 2. The highest BCUT2D eigenvalue weighted by molar-refractivity contribution is 5.86. The zero-order valence-electron chi connectivity index (χ0n) is 9.16. The van der Waals surface area contributed by atoms with Crippen molar-refractivity contribution >= 4 is 10.9 Å². The van der Waals surface area contributed by atoms with Crippen molar-refractivity contribution in [2.24, 2.45) is 12.8 Å². The molecule has 0 saturated carbocycles. The number of para-hydroxylation sites is 1. The van der Waals surface area contributed by atoms with Crippen LogP contribution in [0, 0.1) is 0 Å². The van der Waals surface area contributed by atoms with E-state index in [0.29, 0.717) is 13.2 Å². The highest BCUT2D eigenvalue weighted by Crippen LogP contribution is 2.27. The van der Waals surface area contributed by atoms with E-state index in [2.05, 4.69) is 16.7 Å². The van der Waals surface area contributed by atoms with Crippen LogP contribution in [-0.4, -0.2) is 11.2 Å². The molecule has 0 spiro atoms. The van der Waals surface area contributed by atoms with Crippen LogP contribution in [0.1, 0.15) is 12.6 Å². The van der Waals surface area contributed by atoms with E-state index in [4.69, 9.17) is 10.5 Å². The minimum Gasteiger partial charge on any atom is -0.492 e. The van der Waals surface area contributed by atoms with Gasteiger partial charge in [-0.2, -0.15) is 0 Å². The lowest BCUT2D eigenvalue weighted by atomic mass is 10.2. The second kappa shape index (κ2) is 3.95. The van der Waals surface area contributed by atoms with E-state index in [1.807, 2.05) is 26.1 Å². The van der Waals surface area contributed by atoms with E-state index in [0.717, 1.165) is 17.0 Å². The molecule has 0 amide bonds. The molecule has 0 bridgehead atoms. The van der Waals surface area contributed by atoms with Crippen molar-refractivity contribution < 1.29 is 4.74 Å². The Morgan fingerprint density at radius 1 is 1.40 bits per heavy atom. The Morgan fingerprint density at radius 3 is 2.87 bits per heavy atom. The first-order chi connectivity index (χ1) is 7.27. The molecule has 0 unspecified atom stereocenters. The van der Waals surface area contributed by atoms with Crippen LogP contribution >= 0.6 is 0 Å². The molecule has 1 aromatic carbocycles. The molecule has 0 aliphatic heterocycles. The van der Waals surface area contributed by atoms with Crippen molar-refractivity contribution in [2.75, 3.05) is 6.61 Å². The summed E-state index contributed by atoms with van der Waals surface area (Å²) in [6, 6.07) is 8.19. The second-order valence-electron chi connectivity index (χ2n) is 3.53. The maximum atomic E-state index is 5.68. The van der Waals surface area contributed by atoms with E-state index >= 15 is 0 Å². The number of nitrogens with zero attached hydrogens (tertiary/aromatic N) is 1. The second-order valence-corrected chi connectivity index (χ2v) is 3.53. The monoisotopic (exact) mass is 204 g/mol. The fraction of sp³-hybridized carbons (Fsp3) is 0.333. The number of aryl methyl sites for hydroxylation is 1. The fourth-order valence-electron chi connectivity index (χ4n) is 1.90. The standard InChI is InChI=1S/C12H16N2O/c1-3-15-11-6-4-5-9-7-10(8-13)14(2)12(9)11/h4-7H,3,8,13H2,1-2H3. The van der Waals surface area contributed by atoms with E-state index in [1.165, 1.54) is 5.39 Å². The van der Waals surface area contributed by atoms with Crippen LogP contribution in [0.4, 0.5) is 0 Å². The largest absolute Gasteiger partial charge is 0.492 e. The van der Waals surface area contributed by atoms with Crippen LogP contribution in [0.3, 0.4) is 0 Å². The molecule has 1 aromatic heterocycles. The summed E-state index contributed by atoms with van der Waals surface area (Å²) < 4.78 is 7.69. The predicted molar refractivity (Wildman–Crippen MR) is 62.0 cm³/mol. The van der Waals surface area contributed by atoms with E-state index in [1.54, 1.807) is 0 Å². The van der Waals surface area contributed by atoms with Gasteiger partial charge in [-0.1, -0.05) is 12.1 Å². The average Bonchev–Trinajstić information content (AvgIpc) is 2.57. The Bertz CT molecular complexity index is 474.